The van der Waals surface area contributed by atoms with Gasteiger partial charge in [0.1, 0.15) is 0 Å². The van der Waals surface area contributed by atoms with Crippen molar-refractivity contribution in [3.63, 3.8) is 0 Å². The lowest BCUT2D eigenvalue weighted by molar-refractivity contribution is 0.239. The minimum atomic E-state index is -3.75. The second-order valence-corrected chi connectivity index (χ2v) is 9.07. The van der Waals surface area contributed by atoms with Gasteiger partial charge in [0.25, 0.3) is 10.1 Å². The van der Waals surface area contributed by atoms with Gasteiger partial charge in [-0.3, -0.25) is 4.18 Å². The van der Waals surface area contributed by atoms with Crippen LogP contribution in [0.2, 0.25) is 0 Å². The molecule has 0 spiro atoms. The highest BCUT2D eigenvalue weighted by atomic mass is 32.3. The van der Waals surface area contributed by atoms with Gasteiger partial charge < -0.3 is 19.7 Å². The molecule has 0 bridgehead atoms. The van der Waals surface area contributed by atoms with E-state index in [2.05, 4.69) is 0 Å². The molecular weight excluding hydrogens is 300 g/mol. The summed E-state index contributed by atoms with van der Waals surface area (Å²) >= 11 is 0. The lowest BCUT2D eigenvalue weighted by atomic mass is 10.1. The minimum absolute atomic E-state index is 0.0150. The van der Waals surface area contributed by atoms with Crippen molar-refractivity contribution in [3.05, 3.63) is 29.8 Å². The predicted octanol–water partition coefficient (Wildman–Crippen LogP) is 2.18. The first kappa shape index (κ1) is 15.8. The molecule has 1 saturated heterocycles. The number of hydrogen-bond acceptors (Lipinski definition) is 5. The summed E-state index contributed by atoms with van der Waals surface area (Å²) in [5.41, 5.74) is 0.974. The zero-order valence-corrected chi connectivity index (χ0v) is 12.9. The Bertz CT molecular complexity index is 541. The van der Waals surface area contributed by atoms with Crippen molar-refractivity contribution >= 4 is 20.7 Å². The van der Waals surface area contributed by atoms with E-state index in [4.69, 9.17) is 4.18 Å². The Kier molecular flexibility index (Phi) is 4.76. The van der Waals surface area contributed by atoms with Gasteiger partial charge in [0, 0.05) is 0 Å². The highest BCUT2D eigenvalue weighted by Crippen LogP contribution is 2.45. The molecule has 0 amide bonds. The second-order valence-electron chi connectivity index (χ2n) is 5.15. The van der Waals surface area contributed by atoms with E-state index in [1.54, 1.807) is 12.1 Å². The molecule has 1 aliphatic heterocycles. The van der Waals surface area contributed by atoms with Gasteiger partial charge >= 0.3 is 0 Å². The Hall–Kier alpha value is -0.600. The predicted molar refractivity (Wildman–Crippen MR) is 75.9 cm³/mol. The first-order valence-electron chi connectivity index (χ1n) is 6.45. The van der Waals surface area contributed by atoms with Crippen LogP contribution in [-0.2, 0) is 14.3 Å². The summed E-state index contributed by atoms with van der Waals surface area (Å²) in [7, 11) is -6.69. The summed E-state index contributed by atoms with van der Waals surface area (Å²) in [6, 6.07) is 6.44. The highest BCUT2D eigenvalue weighted by Gasteiger charge is 2.21. The fourth-order valence-corrected chi connectivity index (χ4v) is 4.63. The Labute approximate surface area is 121 Å². The Balaban J connectivity index is 1.92. The van der Waals surface area contributed by atoms with E-state index >= 15 is 0 Å². The quantitative estimate of drug-likeness (QED) is 0.794. The Morgan fingerprint density at radius 2 is 1.75 bits per heavy atom. The third-order valence-corrected chi connectivity index (χ3v) is 6.45. The number of benzene rings is 1. The normalized spacial score (nSPS) is 21.6. The molecule has 1 aliphatic rings. The molecule has 0 saturated carbocycles. The first-order chi connectivity index (χ1) is 9.28. The smallest absolute Gasteiger partial charge is 0.296 e. The molecule has 1 fully saturated rings. The molecule has 20 heavy (non-hydrogen) atoms. The molecule has 0 aliphatic carbocycles. The molecule has 0 atom stereocenters. The molecule has 5 nitrogen and oxygen atoms in total. The van der Waals surface area contributed by atoms with Crippen LogP contribution in [0.15, 0.2) is 29.2 Å². The van der Waals surface area contributed by atoms with Crippen molar-refractivity contribution in [2.45, 2.75) is 24.7 Å². The van der Waals surface area contributed by atoms with Gasteiger partial charge in [-0.25, -0.2) is 0 Å². The van der Waals surface area contributed by atoms with Gasteiger partial charge in [-0.05, 0) is 49.3 Å². The average molecular weight is 318 g/mol. The van der Waals surface area contributed by atoms with Crippen molar-refractivity contribution < 1.29 is 21.7 Å². The number of hydrogen-bond donors (Lipinski definition) is 0. The SMILES string of the molecule is Cc1ccc(S(=O)(=O)OCC2CCS([O-])([O-])CC2)cc1. The van der Waals surface area contributed by atoms with Crippen LogP contribution in [0.5, 0.6) is 0 Å². The lowest BCUT2D eigenvalue weighted by Crippen LogP contribution is -2.25. The van der Waals surface area contributed by atoms with E-state index in [1.165, 1.54) is 12.1 Å². The van der Waals surface area contributed by atoms with Gasteiger partial charge in [-0.2, -0.15) is 8.42 Å². The molecular formula is C13H18O5S2-2. The fourth-order valence-electron chi connectivity index (χ4n) is 2.06. The van der Waals surface area contributed by atoms with Crippen LogP contribution in [-0.4, -0.2) is 35.6 Å². The zero-order valence-electron chi connectivity index (χ0n) is 11.3. The molecule has 0 N–H and O–H groups in total. The molecule has 0 aromatic heterocycles. The summed E-state index contributed by atoms with van der Waals surface area (Å²) in [6.07, 6.45) is 0.928. The van der Waals surface area contributed by atoms with Crippen molar-refractivity contribution in [1.29, 1.82) is 0 Å². The number of rotatable bonds is 4. The van der Waals surface area contributed by atoms with E-state index in [0.717, 1.165) is 5.56 Å². The maximum absolute atomic E-state index is 12.0. The Morgan fingerprint density at radius 3 is 2.30 bits per heavy atom. The molecule has 2 rings (SSSR count). The second kappa shape index (κ2) is 6.03. The van der Waals surface area contributed by atoms with Crippen LogP contribution in [0.3, 0.4) is 0 Å². The van der Waals surface area contributed by atoms with Crippen molar-refractivity contribution in [3.8, 4) is 0 Å². The summed E-state index contributed by atoms with van der Waals surface area (Å²) < 4.78 is 51.6. The van der Waals surface area contributed by atoms with Gasteiger partial charge in [0.2, 0.25) is 0 Å². The van der Waals surface area contributed by atoms with Crippen molar-refractivity contribution in [2.24, 2.45) is 5.92 Å². The van der Waals surface area contributed by atoms with E-state index in [0.29, 0.717) is 12.8 Å². The maximum atomic E-state index is 12.0. The summed E-state index contributed by atoms with van der Waals surface area (Å²) in [5.74, 6) is 0.218. The molecule has 1 heterocycles. The van der Waals surface area contributed by atoms with Crippen LogP contribution in [0.25, 0.3) is 0 Å². The fraction of sp³-hybridized carbons (Fsp3) is 0.538. The van der Waals surface area contributed by atoms with Crippen LogP contribution in [0.1, 0.15) is 18.4 Å². The van der Waals surface area contributed by atoms with Crippen LogP contribution >= 0.6 is 10.6 Å². The third kappa shape index (κ3) is 4.20. The topological polar surface area (TPSA) is 89.5 Å². The summed E-state index contributed by atoms with van der Waals surface area (Å²) in [5, 5.41) is 0. The van der Waals surface area contributed by atoms with Crippen LogP contribution in [0, 0.1) is 12.8 Å². The monoisotopic (exact) mass is 318 g/mol. The Morgan fingerprint density at radius 1 is 1.20 bits per heavy atom. The molecule has 1 aromatic carbocycles. The maximum Gasteiger partial charge on any atom is 0.296 e. The van der Waals surface area contributed by atoms with E-state index in [9.17, 15) is 17.5 Å². The van der Waals surface area contributed by atoms with Gasteiger partial charge in [0.15, 0.2) is 0 Å². The highest BCUT2D eigenvalue weighted by molar-refractivity contribution is 8.24. The molecule has 1 aromatic rings. The van der Waals surface area contributed by atoms with E-state index in [-0.39, 0.29) is 28.9 Å². The molecule has 0 unspecified atom stereocenters. The van der Waals surface area contributed by atoms with Crippen LogP contribution in [0.4, 0.5) is 0 Å². The number of sulfone groups is 1. The van der Waals surface area contributed by atoms with Gasteiger partial charge in [-0.1, -0.05) is 17.7 Å². The van der Waals surface area contributed by atoms with E-state index in [1.807, 2.05) is 6.92 Å². The lowest BCUT2D eigenvalue weighted by Gasteiger charge is -2.63. The molecule has 7 heteroatoms. The standard InChI is InChI=1S/C13H20O5S2/c1-11-2-4-13(5-3-11)20(16,17)18-10-12-6-8-19(14,15)9-7-12/h2-5,12,14-15H,6-10H2,1H3/p-2. The van der Waals surface area contributed by atoms with Crippen molar-refractivity contribution in [1.82, 2.24) is 0 Å². The van der Waals surface area contributed by atoms with Gasteiger partial charge in [-0.15, -0.1) is 0 Å². The largest absolute Gasteiger partial charge is 0.800 e. The first-order valence-corrected chi connectivity index (χ1v) is 9.68. The van der Waals surface area contributed by atoms with Gasteiger partial charge in [0.05, 0.1) is 11.5 Å². The average Bonchev–Trinajstić information content (AvgIpc) is 2.38. The van der Waals surface area contributed by atoms with E-state index < -0.39 is 20.7 Å². The summed E-state index contributed by atoms with van der Waals surface area (Å²) in [6.45, 7) is 1.92. The number of aryl methyl sites for hydroxylation is 1. The van der Waals surface area contributed by atoms with Crippen molar-refractivity contribution in [2.75, 3.05) is 18.1 Å². The summed E-state index contributed by atoms with van der Waals surface area (Å²) in [4.78, 5) is 0.131. The minimum Gasteiger partial charge on any atom is -0.800 e. The van der Waals surface area contributed by atoms with Crippen LogP contribution < -0.4 is 0 Å². The third-order valence-electron chi connectivity index (χ3n) is 3.44. The zero-order chi connectivity index (χ0) is 14.8. The molecule has 0 radical (unpaired) electrons. The molecule has 114 valence electrons.